The molecule has 1 saturated heterocycles. The van der Waals surface area contributed by atoms with E-state index in [1.807, 2.05) is 0 Å². The van der Waals surface area contributed by atoms with Gasteiger partial charge < -0.3 is 5.73 Å². The molecule has 0 spiro atoms. The van der Waals surface area contributed by atoms with Crippen molar-refractivity contribution in [3.8, 4) is 0 Å². The van der Waals surface area contributed by atoms with E-state index in [2.05, 4.69) is 23.7 Å². The lowest BCUT2D eigenvalue weighted by Gasteiger charge is -2.25. The summed E-state index contributed by atoms with van der Waals surface area (Å²) in [5.74, 6) is 0. The fourth-order valence-electron chi connectivity index (χ4n) is 2.78. The number of hydrogen-bond acceptors (Lipinski definition) is 5. The van der Waals surface area contributed by atoms with Crippen LogP contribution < -0.4 is 5.73 Å². The van der Waals surface area contributed by atoms with Gasteiger partial charge in [-0.15, -0.1) is 0 Å². The summed E-state index contributed by atoms with van der Waals surface area (Å²) >= 11 is 0. The highest BCUT2D eigenvalue weighted by Gasteiger charge is 2.35. The highest BCUT2D eigenvalue weighted by atomic mass is 32.2. The Kier molecular flexibility index (Phi) is 5.32. The number of likely N-dealkylation sites (N-methyl/N-ethyl adjacent to an activating group) is 1. The second-order valence-electron chi connectivity index (χ2n) is 5.24. The third kappa shape index (κ3) is 3.42. The molecule has 0 saturated carbocycles. The number of rotatable bonds is 6. The van der Waals surface area contributed by atoms with Gasteiger partial charge in [0.1, 0.15) is 0 Å². The van der Waals surface area contributed by atoms with Crippen LogP contribution in [0.25, 0.3) is 0 Å². The summed E-state index contributed by atoms with van der Waals surface area (Å²) in [6, 6.07) is 3.57. The van der Waals surface area contributed by atoms with Crippen LogP contribution in [0.4, 0.5) is 0 Å². The molecule has 6 nitrogen and oxygen atoms in total. The van der Waals surface area contributed by atoms with Crippen molar-refractivity contribution in [3.63, 3.8) is 0 Å². The third-order valence-corrected chi connectivity index (χ3v) is 5.87. The second-order valence-corrected chi connectivity index (χ2v) is 7.12. The standard InChI is InChI=1S/C14H24N4O2S/c1-3-17(4-2)13-7-8-18(11-13)21(19,20)14-6-5-12(9-15)10-16-14/h5-6,10,13H,3-4,7-9,11,15H2,1-2H3. The van der Waals surface area contributed by atoms with Gasteiger partial charge in [0.05, 0.1) is 0 Å². The highest BCUT2D eigenvalue weighted by Crippen LogP contribution is 2.22. The van der Waals surface area contributed by atoms with E-state index in [1.165, 1.54) is 6.20 Å². The molecular formula is C14H24N4O2S. The first kappa shape index (κ1) is 16.4. The second kappa shape index (κ2) is 6.83. The van der Waals surface area contributed by atoms with Gasteiger partial charge in [-0.2, -0.15) is 4.31 Å². The van der Waals surface area contributed by atoms with E-state index < -0.39 is 10.0 Å². The van der Waals surface area contributed by atoms with Gasteiger partial charge in [-0.1, -0.05) is 19.9 Å². The number of aromatic nitrogens is 1. The molecule has 1 aliphatic rings. The van der Waals surface area contributed by atoms with Gasteiger partial charge in [-0.25, -0.2) is 13.4 Å². The minimum Gasteiger partial charge on any atom is -0.326 e. The van der Waals surface area contributed by atoms with Crippen molar-refractivity contribution in [3.05, 3.63) is 23.9 Å². The Morgan fingerprint density at radius 3 is 2.62 bits per heavy atom. The zero-order chi connectivity index (χ0) is 15.5. The molecule has 7 heteroatoms. The van der Waals surface area contributed by atoms with Gasteiger partial charge in [0.15, 0.2) is 5.03 Å². The predicted octanol–water partition coefficient (Wildman–Crippen LogP) is 0.645. The maximum absolute atomic E-state index is 12.6. The predicted molar refractivity (Wildman–Crippen MR) is 82.2 cm³/mol. The Morgan fingerprint density at radius 1 is 1.38 bits per heavy atom. The van der Waals surface area contributed by atoms with Crippen LogP contribution in [0, 0.1) is 0 Å². The number of nitrogens with zero attached hydrogens (tertiary/aromatic N) is 3. The van der Waals surface area contributed by atoms with Crippen molar-refractivity contribution < 1.29 is 8.42 Å². The molecule has 21 heavy (non-hydrogen) atoms. The zero-order valence-electron chi connectivity index (χ0n) is 12.7. The smallest absolute Gasteiger partial charge is 0.260 e. The lowest BCUT2D eigenvalue weighted by atomic mass is 10.2. The largest absolute Gasteiger partial charge is 0.326 e. The summed E-state index contributed by atoms with van der Waals surface area (Å²) in [6.45, 7) is 7.56. The van der Waals surface area contributed by atoms with Gasteiger partial charge in [-0.05, 0) is 31.1 Å². The van der Waals surface area contributed by atoms with Gasteiger partial charge in [0.25, 0.3) is 10.0 Å². The molecule has 0 aliphatic carbocycles. The summed E-state index contributed by atoms with van der Waals surface area (Å²) in [7, 11) is -3.49. The van der Waals surface area contributed by atoms with Crippen LogP contribution in [0.1, 0.15) is 25.8 Å². The van der Waals surface area contributed by atoms with Gasteiger partial charge in [0, 0.05) is 31.9 Å². The summed E-state index contributed by atoms with van der Waals surface area (Å²) in [6.07, 6.45) is 2.41. The average molecular weight is 312 g/mol. The summed E-state index contributed by atoms with van der Waals surface area (Å²) in [5.41, 5.74) is 6.34. The van der Waals surface area contributed by atoms with Crippen LogP contribution in [0.3, 0.4) is 0 Å². The topological polar surface area (TPSA) is 79.5 Å². The molecule has 1 fully saturated rings. The fourth-order valence-corrected chi connectivity index (χ4v) is 4.19. The van der Waals surface area contributed by atoms with E-state index in [0.29, 0.717) is 25.7 Å². The number of nitrogens with two attached hydrogens (primary N) is 1. The van der Waals surface area contributed by atoms with E-state index in [4.69, 9.17) is 5.73 Å². The molecule has 2 heterocycles. The van der Waals surface area contributed by atoms with Crippen LogP contribution in [0.2, 0.25) is 0 Å². The molecule has 118 valence electrons. The van der Waals surface area contributed by atoms with Gasteiger partial charge >= 0.3 is 0 Å². The Labute approximate surface area is 127 Å². The molecular weight excluding hydrogens is 288 g/mol. The first-order valence-corrected chi connectivity index (χ1v) is 8.86. The van der Waals surface area contributed by atoms with Crippen molar-refractivity contribution in [2.24, 2.45) is 5.73 Å². The molecule has 1 unspecified atom stereocenters. The van der Waals surface area contributed by atoms with Crippen molar-refractivity contribution in [2.45, 2.75) is 37.9 Å². The van der Waals surface area contributed by atoms with E-state index in [1.54, 1.807) is 16.4 Å². The van der Waals surface area contributed by atoms with E-state index in [-0.39, 0.29) is 5.03 Å². The zero-order valence-corrected chi connectivity index (χ0v) is 13.5. The summed E-state index contributed by atoms with van der Waals surface area (Å²) in [5, 5.41) is 0.111. The van der Waals surface area contributed by atoms with Crippen LogP contribution in [0.15, 0.2) is 23.4 Å². The fraction of sp³-hybridized carbons (Fsp3) is 0.643. The maximum atomic E-state index is 12.6. The van der Waals surface area contributed by atoms with E-state index in [0.717, 1.165) is 25.1 Å². The van der Waals surface area contributed by atoms with Crippen molar-refractivity contribution in [2.75, 3.05) is 26.2 Å². The minimum absolute atomic E-state index is 0.111. The van der Waals surface area contributed by atoms with Crippen LogP contribution in [-0.2, 0) is 16.6 Å². The molecule has 1 atom stereocenters. The van der Waals surface area contributed by atoms with Gasteiger partial charge in [0.2, 0.25) is 0 Å². The monoisotopic (exact) mass is 312 g/mol. The molecule has 1 aromatic heterocycles. The van der Waals surface area contributed by atoms with E-state index >= 15 is 0 Å². The molecule has 0 bridgehead atoms. The SMILES string of the molecule is CCN(CC)C1CCN(S(=O)(=O)c2ccc(CN)cn2)C1. The van der Waals surface area contributed by atoms with Crippen molar-refractivity contribution in [1.29, 1.82) is 0 Å². The molecule has 2 N–H and O–H groups in total. The normalized spacial score (nSPS) is 20.3. The Hall–Kier alpha value is -1.02. The summed E-state index contributed by atoms with van der Waals surface area (Å²) in [4.78, 5) is 6.36. The first-order chi connectivity index (χ1) is 10.0. The first-order valence-electron chi connectivity index (χ1n) is 7.42. The minimum atomic E-state index is -3.49. The molecule has 1 aromatic rings. The van der Waals surface area contributed by atoms with E-state index in [9.17, 15) is 8.42 Å². The quantitative estimate of drug-likeness (QED) is 0.834. The molecule has 1 aliphatic heterocycles. The highest BCUT2D eigenvalue weighted by molar-refractivity contribution is 7.89. The van der Waals surface area contributed by atoms with Crippen molar-refractivity contribution >= 4 is 10.0 Å². The average Bonchev–Trinajstić information content (AvgIpc) is 2.99. The van der Waals surface area contributed by atoms with Crippen LogP contribution >= 0.6 is 0 Å². The lowest BCUT2D eigenvalue weighted by Crippen LogP contribution is -2.38. The molecule has 0 amide bonds. The van der Waals surface area contributed by atoms with Crippen molar-refractivity contribution in [1.82, 2.24) is 14.2 Å². The Morgan fingerprint density at radius 2 is 2.10 bits per heavy atom. The van der Waals surface area contributed by atoms with Crippen LogP contribution in [-0.4, -0.2) is 54.8 Å². The maximum Gasteiger partial charge on any atom is 0.260 e. The third-order valence-electron chi connectivity index (χ3n) is 4.09. The number of pyridine rings is 1. The van der Waals surface area contributed by atoms with Gasteiger partial charge in [-0.3, -0.25) is 4.90 Å². The number of hydrogen-bond donors (Lipinski definition) is 1. The molecule has 0 radical (unpaired) electrons. The molecule has 2 rings (SSSR count). The Bertz CT molecular complexity index is 555. The van der Waals surface area contributed by atoms with Crippen LogP contribution in [0.5, 0.6) is 0 Å². The summed E-state index contributed by atoms with van der Waals surface area (Å²) < 4.78 is 26.7. The Balaban J connectivity index is 2.13. The number of sulfonamides is 1. The lowest BCUT2D eigenvalue weighted by molar-refractivity contribution is 0.224. The molecule has 0 aromatic carbocycles.